The van der Waals surface area contributed by atoms with Gasteiger partial charge in [-0.1, -0.05) is 72.8 Å². The van der Waals surface area contributed by atoms with Crippen LogP contribution in [0.2, 0.25) is 0 Å². The SMILES string of the molecule is CC(C)(C)OC(=O)[C@H](CC(=O)NN1[C@@H](Cc2ccccc2)COC1(C)C)c1ccn(-c2ccc(-c3ccccc3)cc2)c1. The third-order valence-corrected chi connectivity index (χ3v) is 7.61. The average Bonchev–Trinajstić information content (AvgIpc) is 3.57. The Kier molecular flexibility index (Phi) is 8.85. The maximum Gasteiger partial charge on any atom is 0.314 e. The van der Waals surface area contributed by atoms with Gasteiger partial charge in [-0.2, -0.15) is 5.01 Å². The van der Waals surface area contributed by atoms with Gasteiger partial charge in [0.05, 0.1) is 18.6 Å². The lowest BCUT2D eigenvalue weighted by molar-refractivity contribution is -0.158. The number of amides is 1. The zero-order valence-corrected chi connectivity index (χ0v) is 25.6. The van der Waals surface area contributed by atoms with E-state index in [0.717, 1.165) is 28.8 Å². The van der Waals surface area contributed by atoms with Gasteiger partial charge >= 0.3 is 5.97 Å². The van der Waals surface area contributed by atoms with Gasteiger partial charge in [0, 0.05) is 24.5 Å². The van der Waals surface area contributed by atoms with Gasteiger partial charge in [0.25, 0.3) is 0 Å². The van der Waals surface area contributed by atoms with Gasteiger partial charge in [-0.3, -0.25) is 15.0 Å². The molecule has 43 heavy (non-hydrogen) atoms. The fourth-order valence-corrected chi connectivity index (χ4v) is 5.46. The first-order valence-electron chi connectivity index (χ1n) is 14.8. The first-order chi connectivity index (χ1) is 20.5. The van der Waals surface area contributed by atoms with Crippen LogP contribution in [0.25, 0.3) is 16.8 Å². The van der Waals surface area contributed by atoms with E-state index in [-0.39, 0.29) is 18.4 Å². The third-order valence-electron chi connectivity index (χ3n) is 7.61. The molecule has 0 spiro atoms. The Balaban J connectivity index is 1.34. The minimum absolute atomic E-state index is 0.0405. The zero-order valence-electron chi connectivity index (χ0n) is 25.6. The van der Waals surface area contributed by atoms with Crippen LogP contribution in [0.3, 0.4) is 0 Å². The molecule has 3 aromatic carbocycles. The Hall–Kier alpha value is -4.20. The molecule has 1 N–H and O–H groups in total. The van der Waals surface area contributed by atoms with E-state index in [2.05, 4.69) is 41.8 Å². The zero-order chi connectivity index (χ0) is 30.6. The molecule has 1 fully saturated rings. The number of ether oxygens (including phenoxy) is 2. The minimum atomic E-state index is -0.775. The molecule has 224 valence electrons. The Morgan fingerprint density at radius 2 is 1.56 bits per heavy atom. The number of carbonyl (C=O) groups is 2. The van der Waals surface area contributed by atoms with Crippen molar-refractivity contribution in [3.05, 3.63) is 115 Å². The average molecular weight is 580 g/mol. The highest BCUT2D eigenvalue weighted by Gasteiger charge is 2.42. The summed E-state index contributed by atoms with van der Waals surface area (Å²) in [7, 11) is 0. The number of hydrogen-bond acceptors (Lipinski definition) is 5. The molecule has 1 saturated heterocycles. The van der Waals surface area contributed by atoms with Crippen LogP contribution in [0.15, 0.2) is 103 Å². The van der Waals surface area contributed by atoms with Crippen molar-refractivity contribution in [1.29, 1.82) is 0 Å². The molecule has 7 heteroatoms. The summed E-state index contributed by atoms with van der Waals surface area (Å²) in [4.78, 5) is 27.0. The largest absolute Gasteiger partial charge is 0.459 e. The van der Waals surface area contributed by atoms with Gasteiger partial charge in [-0.15, -0.1) is 0 Å². The van der Waals surface area contributed by atoms with E-state index >= 15 is 0 Å². The maximum absolute atomic E-state index is 13.6. The summed E-state index contributed by atoms with van der Waals surface area (Å²) in [5.41, 5.74) is 6.81. The number of esters is 1. The van der Waals surface area contributed by atoms with Crippen molar-refractivity contribution < 1.29 is 19.1 Å². The summed E-state index contributed by atoms with van der Waals surface area (Å²) in [5, 5.41) is 1.88. The number of nitrogens with zero attached hydrogens (tertiary/aromatic N) is 2. The van der Waals surface area contributed by atoms with Crippen molar-refractivity contribution in [3.63, 3.8) is 0 Å². The lowest BCUT2D eigenvalue weighted by atomic mass is 9.97. The summed E-state index contributed by atoms with van der Waals surface area (Å²) in [6.07, 6.45) is 4.48. The molecule has 1 aromatic heterocycles. The first kappa shape index (κ1) is 30.3. The number of carbonyl (C=O) groups excluding carboxylic acids is 2. The van der Waals surface area contributed by atoms with Gasteiger partial charge in [-0.25, -0.2) is 0 Å². The molecule has 0 aliphatic carbocycles. The standard InChI is InChI=1S/C36H41N3O4/c1-35(2,3)43-34(41)32(23-33(40)37-39-31(25-42-36(39,4)5)22-26-12-8-6-9-13-26)29-20-21-38(24-29)30-18-16-28(17-19-30)27-14-10-7-11-15-27/h6-21,24,31-32H,22-23,25H2,1-5H3,(H,37,40)/t31-,32+/m0/s1. The van der Waals surface area contributed by atoms with Crippen LogP contribution in [-0.4, -0.2) is 45.4 Å². The smallest absolute Gasteiger partial charge is 0.314 e. The Morgan fingerprint density at radius 3 is 2.21 bits per heavy atom. The van der Waals surface area contributed by atoms with E-state index < -0.39 is 23.2 Å². The van der Waals surface area contributed by atoms with Crippen LogP contribution in [0.1, 0.15) is 58.1 Å². The van der Waals surface area contributed by atoms with Crippen molar-refractivity contribution in [2.24, 2.45) is 0 Å². The molecule has 2 atom stereocenters. The minimum Gasteiger partial charge on any atom is -0.459 e. The highest BCUT2D eigenvalue weighted by Crippen LogP contribution is 2.30. The fraction of sp³-hybridized carbons (Fsp3) is 0.333. The first-order valence-corrected chi connectivity index (χ1v) is 14.8. The van der Waals surface area contributed by atoms with Gasteiger partial charge in [0.15, 0.2) is 0 Å². The molecule has 4 aromatic rings. The summed E-state index contributed by atoms with van der Waals surface area (Å²) in [6.45, 7) is 9.86. The lowest BCUT2D eigenvalue weighted by Crippen LogP contribution is -2.55. The van der Waals surface area contributed by atoms with E-state index in [9.17, 15) is 9.59 Å². The molecule has 0 saturated carbocycles. The second-order valence-electron chi connectivity index (χ2n) is 12.6. The van der Waals surface area contributed by atoms with E-state index in [1.165, 1.54) is 0 Å². The molecule has 1 aliphatic heterocycles. The number of hydrogen-bond donors (Lipinski definition) is 1. The van der Waals surface area contributed by atoms with Crippen LogP contribution in [0, 0.1) is 0 Å². The number of aromatic nitrogens is 1. The maximum atomic E-state index is 13.6. The second kappa shape index (κ2) is 12.6. The molecule has 0 unspecified atom stereocenters. The Labute approximate surface area is 254 Å². The van der Waals surface area contributed by atoms with Crippen molar-refractivity contribution in [1.82, 2.24) is 15.0 Å². The van der Waals surface area contributed by atoms with Crippen LogP contribution >= 0.6 is 0 Å². The van der Waals surface area contributed by atoms with E-state index in [1.54, 1.807) is 0 Å². The van der Waals surface area contributed by atoms with E-state index in [0.29, 0.717) is 12.2 Å². The van der Waals surface area contributed by atoms with Gasteiger partial charge in [0.2, 0.25) is 5.91 Å². The number of hydrazine groups is 1. The molecule has 0 bridgehead atoms. The molecule has 1 amide bonds. The normalized spacial score (nSPS) is 17.4. The lowest BCUT2D eigenvalue weighted by Gasteiger charge is -2.34. The van der Waals surface area contributed by atoms with Gasteiger partial charge in [0.1, 0.15) is 11.3 Å². The highest BCUT2D eigenvalue weighted by atomic mass is 16.6. The Morgan fingerprint density at radius 1 is 0.930 bits per heavy atom. The number of nitrogens with one attached hydrogen (secondary N) is 1. The van der Waals surface area contributed by atoms with Crippen LogP contribution in [0.4, 0.5) is 0 Å². The highest BCUT2D eigenvalue weighted by molar-refractivity contribution is 5.86. The van der Waals surface area contributed by atoms with Gasteiger partial charge in [-0.05, 0) is 81.5 Å². The molecular formula is C36H41N3O4. The number of benzene rings is 3. The molecule has 1 aliphatic rings. The molecule has 7 nitrogen and oxygen atoms in total. The summed E-state index contributed by atoms with van der Waals surface area (Å²) in [5.74, 6) is -1.48. The summed E-state index contributed by atoms with van der Waals surface area (Å²) >= 11 is 0. The Bertz CT molecular complexity index is 1520. The van der Waals surface area contributed by atoms with E-state index in [1.807, 2.05) is 111 Å². The second-order valence-corrected chi connectivity index (χ2v) is 12.6. The van der Waals surface area contributed by atoms with Crippen molar-refractivity contribution in [2.75, 3.05) is 6.61 Å². The van der Waals surface area contributed by atoms with Gasteiger partial charge < -0.3 is 14.0 Å². The van der Waals surface area contributed by atoms with Crippen molar-refractivity contribution >= 4 is 11.9 Å². The summed E-state index contributed by atoms with van der Waals surface area (Å²) < 4.78 is 13.8. The van der Waals surface area contributed by atoms with Crippen molar-refractivity contribution in [3.8, 4) is 16.8 Å². The third kappa shape index (κ3) is 7.61. The van der Waals surface area contributed by atoms with Crippen LogP contribution in [0.5, 0.6) is 0 Å². The molecule has 5 rings (SSSR count). The monoisotopic (exact) mass is 579 g/mol. The number of rotatable bonds is 9. The quantitative estimate of drug-likeness (QED) is 0.224. The molecule has 0 radical (unpaired) electrons. The van der Waals surface area contributed by atoms with Crippen LogP contribution < -0.4 is 5.43 Å². The predicted molar refractivity (Wildman–Crippen MR) is 168 cm³/mol. The summed E-state index contributed by atoms with van der Waals surface area (Å²) in [6, 6.07) is 30.5. The van der Waals surface area contributed by atoms with Crippen molar-refractivity contribution in [2.45, 2.75) is 70.7 Å². The fourth-order valence-electron chi connectivity index (χ4n) is 5.46. The topological polar surface area (TPSA) is 72.8 Å². The predicted octanol–water partition coefficient (Wildman–Crippen LogP) is 6.67. The molecular weight excluding hydrogens is 538 g/mol. The van der Waals surface area contributed by atoms with E-state index in [4.69, 9.17) is 9.47 Å². The van der Waals surface area contributed by atoms with Crippen LogP contribution in [-0.2, 0) is 25.5 Å². The molecule has 2 heterocycles.